The molecule has 1 unspecified atom stereocenters. The normalized spacial score (nSPS) is 16.4. The number of carbonyl (C=O) groups excluding carboxylic acids is 2. The molecule has 0 fully saturated rings. The molecule has 3 rings (SSSR count). The molecule has 4 heteroatoms. The van der Waals surface area contributed by atoms with Gasteiger partial charge < -0.3 is 9.47 Å². The maximum Gasteiger partial charge on any atom is 0.323 e. The minimum Gasteiger partial charge on any atom is -0.426 e. The van der Waals surface area contributed by atoms with E-state index in [-0.39, 0.29) is 16.8 Å². The molecule has 1 atom stereocenters. The smallest absolute Gasteiger partial charge is 0.323 e. The van der Waals surface area contributed by atoms with Gasteiger partial charge in [0.1, 0.15) is 17.4 Å². The van der Waals surface area contributed by atoms with Crippen LogP contribution in [-0.2, 0) is 15.0 Å². The van der Waals surface area contributed by atoms with Crippen LogP contribution in [0.15, 0.2) is 36.4 Å². The van der Waals surface area contributed by atoms with Gasteiger partial charge in [0, 0.05) is 18.1 Å². The molecular formula is C25H30O4. The number of esters is 2. The Morgan fingerprint density at radius 1 is 1.03 bits per heavy atom. The maximum atomic E-state index is 12.8. The summed E-state index contributed by atoms with van der Waals surface area (Å²) in [5.74, 6) is -0.388. The first-order chi connectivity index (χ1) is 13.4. The van der Waals surface area contributed by atoms with Crippen molar-refractivity contribution in [3.8, 4) is 11.5 Å². The first kappa shape index (κ1) is 21.1. The predicted octanol–water partition coefficient (Wildman–Crippen LogP) is 5.69. The Bertz CT molecular complexity index is 963. The molecule has 1 aliphatic rings. The molecule has 0 aliphatic carbocycles. The van der Waals surface area contributed by atoms with Crippen LogP contribution in [0.3, 0.4) is 0 Å². The Kier molecular flexibility index (Phi) is 5.33. The summed E-state index contributed by atoms with van der Waals surface area (Å²) < 4.78 is 11.0. The Balaban J connectivity index is 2.15. The number of hydrogen-bond donors (Lipinski definition) is 0. The van der Waals surface area contributed by atoms with Gasteiger partial charge in [-0.25, -0.2) is 0 Å². The second kappa shape index (κ2) is 7.33. The zero-order chi connectivity index (χ0) is 21.6. The molecule has 0 saturated heterocycles. The Morgan fingerprint density at radius 2 is 1.72 bits per heavy atom. The van der Waals surface area contributed by atoms with Crippen molar-refractivity contribution in [1.29, 1.82) is 0 Å². The summed E-state index contributed by atoms with van der Waals surface area (Å²) in [5.41, 5.74) is 3.68. The van der Waals surface area contributed by atoms with Crippen molar-refractivity contribution in [2.75, 3.05) is 0 Å². The van der Waals surface area contributed by atoms with Crippen molar-refractivity contribution in [2.45, 2.75) is 66.2 Å². The molecule has 1 heterocycles. The minimum absolute atomic E-state index is 0.111. The van der Waals surface area contributed by atoms with E-state index in [0.717, 1.165) is 23.1 Å². The summed E-state index contributed by atoms with van der Waals surface area (Å²) in [4.78, 5) is 24.5. The molecule has 0 saturated carbocycles. The van der Waals surface area contributed by atoms with E-state index in [1.807, 2.05) is 37.3 Å². The predicted molar refractivity (Wildman–Crippen MR) is 114 cm³/mol. The SMILES string of the molecule is CC(=O)Oc1ccc(C(C)(C)CC(C)(C)C)cc1C1C(=O)Oc2ccc(C)cc21. The highest BCUT2D eigenvalue weighted by atomic mass is 16.5. The average molecular weight is 395 g/mol. The molecule has 154 valence electrons. The molecule has 0 spiro atoms. The van der Waals surface area contributed by atoms with Gasteiger partial charge in [-0.3, -0.25) is 9.59 Å². The average Bonchev–Trinajstić information content (AvgIpc) is 2.87. The van der Waals surface area contributed by atoms with Crippen molar-refractivity contribution in [3.05, 3.63) is 58.7 Å². The van der Waals surface area contributed by atoms with Crippen LogP contribution in [-0.4, -0.2) is 11.9 Å². The summed E-state index contributed by atoms with van der Waals surface area (Å²) in [5, 5.41) is 0. The number of fused-ring (bicyclic) bond motifs is 1. The van der Waals surface area contributed by atoms with Crippen molar-refractivity contribution < 1.29 is 19.1 Å². The molecule has 4 nitrogen and oxygen atoms in total. The first-order valence-corrected chi connectivity index (χ1v) is 10.0. The number of benzene rings is 2. The zero-order valence-corrected chi connectivity index (χ0v) is 18.4. The maximum absolute atomic E-state index is 12.8. The third-order valence-corrected chi connectivity index (χ3v) is 5.25. The number of carbonyl (C=O) groups is 2. The molecule has 1 aliphatic heterocycles. The molecular weight excluding hydrogens is 364 g/mol. The summed E-state index contributed by atoms with van der Waals surface area (Å²) in [6.07, 6.45) is 0.969. The second-order valence-electron chi connectivity index (χ2n) is 9.86. The fraction of sp³-hybridized carbons (Fsp3) is 0.440. The van der Waals surface area contributed by atoms with Crippen LogP contribution in [0.25, 0.3) is 0 Å². The van der Waals surface area contributed by atoms with Crippen LogP contribution in [0.4, 0.5) is 0 Å². The molecule has 0 radical (unpaired) electrons. The first-order valence-electron chi connectivity index (χ1n) is 10.0. The van der Waals surface area contributed by atoms with Gasteiger partial charge in [0.25, 0.3) is 0 Å². The van der Waals surface area contributed by atoms with Gasteiger partial charge in [-0.2, -0.15) is 0 Å². The molecule has 0 amide bonds. The van der Waals surface area contributed by atoms with E-state index in [0.29, 0.717) is 17.1 Å². The summed E-state index contributed by atoms with van der Waals surface area (Å²) in [7, 11) is 0. The van der Waals surface area contributed by atoms with Crippen LogP contribution in [0.5, 0.6) is 11.5 Å². The molecule has 29 heavy (non-hydrogen) atoms. The van der Waals surface area contributed by atoms with Crippen LogP contribution < -0.4 is 9.47 Å². The molecule has 2 aromatic carbocycles. The number of rotatable bonds is 4. The summed E-state index contributed by atoms with van der Waals surface area (Å²) >= 11 is 0. The lowest BCUT2D eigenvalue weighted by atomic mass is 9.71. The van der Waals surface area contributed by atoms with Gasteiger partial charge in [-0.1, -0.05) is 64.4 Å². The second-order valence-corrected chi connectivity index (χ2v) is 9.86. The van der Waals surface area contributed by atoms with E-state index in [9.17, 15) is 9.59 Å². The molecule has 0 aromatic heterocycles. The van der Waals surface area contributed by atoms with Crippen LogP contribution in [0.2, 0.25) is 0 Å². The van der Waals surface area contributed by atoms with Crippen molar-refractivity contribution in [2.24, 2.45) is 5.41 Å². The lowest BCUT2D eigenvalue weighted by Crippen LogP contribution is -2.25. The number of ether oxygens (including phenoxy) is 2. The Labute approximate surface area is 173 Å². The van der Waals surface area contributed by atoms with Crippen molar-refractivity contribution in [1.82, 2.24) is 0 Å². The van der Waals surface area contributed by atoms with Gasteiger partial charge in [-0.15, -0.1) is 0 Å². The molecule has 2 aromatic rings. The van der Waals surface area contributed by atoms with Gasteiger partial charge >= 0.3 is 11.9 Å². The van der Waals surface area contributed by atoms with E-state index in [2.05, 4.69) is 34.6 Å². The quantitative estimate of drug-likeness (QED) is 0.494. The van der Waals surface area contributed by atoms with Crippen LogP contribution in [0, 0.1) is 12.3 Å². The van der Waals surface area contributed by atoms with E-state index >= 15 is 0 Å². The summed E-state index contributed by atoms with van der Waals surface area (Å²) in [6.45, 7) is 14.4. The van der Waals surface area contributed by atoms with E-state index in [1.54, 1.807) is 6.07 Å². The lowest BCUT2D eigenvalue weighted by Gasteiger charge is -2.33. The fourth-order valence-corrected chi connectivity index (χ4v) is 4.45. The monoisotopic (exact) mass is 394 g/mol. The Hall–Kier alpha value is -2.62. The zero-order valence-electron chi connectivity index (χ0n) is 18.4. The fourth-order valence-electron chi connectivity index (χ4n) is 4.45. The standard InChI is InChI=1S/C25H30O4/c1-15-8-10-21-18(12-15)22(23(27)29-21)19-13-17(9-11-20(19)28-16(2)26)25(6,7)14-24(3,4)5/h8-13,22H,14H2,1-7H3. The van der Waals surface area contributed by atoms with E-state index < -0.39 is 11.9 Å². The van der Waals surface area contributed by atoms with Gasteiger partial charge in [0.2, 0.25) is 0 Å². The number of hydrogen-bond acceptors (Lipinski definition) is 4. The molecule has 0 N–H and O–H groups in total. The van der Waals surface area contributed by atoms with Crippen molar-refractivity contribution in [3.63, 3.8) is 0 Å². The number of aryl methyl sites for hydroxylation is 1. The highest BCUT2D eigenvalue weighted by molar-refractivity contribution is 5.90. The van der Waals surface area contributed by atoms with Crippen molar-refractivity contribution >= 4 is 11.9 Å². The highest BCUT2D eigenvalue weighted by Crippen LogP contribution is 2.45. The topological polar surface area (TPSA) is 52.6 Å². The van der Waals surface area contributed by atoms with Crippen LogP contribution in [0.1, 0.15) is 76.1 Å². The van der Waals surface area contributed by atoms with Gasteiger partial charge in [0.15, 0.2) is 0 Å². The molecule has 0 bridgehead atoms. The van der Waals surface area contributed by atoms with E-state index in [4.69, 9.17) is 9.47 Å². The minimum atomic E-state index is -0.607. The lowest BCUT2D eigenvalue weighted by molar-refractivity contribution is -0.134. The highest BCUT2D eigenvalue weighted by Gasteiger charge is 2.38. The summed E-state index contributed by atoms with van der Waals surface area (Å²) in [6, 6.07) is 11.5. The van der Waals surface area contributed by atoms with Crippen LogP contribution >= 0.6 is 0 Å². The van der Waals surface area contributed by atoms with Gasteiger partial charge in [-0.05, 0) is 41.9 Å². The van der Waals surface area contributed by atoms with E-state index in [1.165, 1.54) is 6.92 Å². The Morgan fingerprint density at radius 3 is 2.34 bits per heavy atom. The third kappa shape index (κ3) is 4.52. The van der Waals surface area contributed by atoms with Gasteiger partial charge in [0.05, 0.1) is 0 Å². The third-order valence-electron chi connectivity index (χ3n) is 5.25. The largest absolute Gasteiger partial charge is 0.426 e.